The van der Waals surface area contributed by atoms with E-state index in [9.17, 15) is 14.2 Å². The summed E-state index contributed by atoms with van der Waals surface area (Å²) in [5, 5.41) is 8.29. The van der Waals surface area contributed by atoms with E-state index in [1.54, 1.807) is 13.8 Å². The Morgan fingerprint density at radius 3 is 2.35 bits per heavy atom. The first-order chi connectivity index (χ1) is 9.43. The second kappa shape index (κ2) is 10.9. The summed E-state index contributed by atoms with van der Waals surface area (Å²) in [4.78, 5) is 25.6. The Hall–Kier alpha value is -0.860. The number of nitrogens with one attached hydrogen (secondary N) is 1. The van der Waals surface area contributed by atoms with Gasteiger partial charge < -0.3 is 19.0 Å². The fraction of sp³-hybridized carbons (Fsp3) is 0.600. The number of carboxylic acids is 1. The molecule has 8 nitrogen and oxygen atoms in total. The van der Waals surface area contributed by atoms with Crippen LogP contribution in [0.1, 0.15) is 13.8 Å². The number of aliphatic carboxylic acids is 1. The lowest BCUT2D eigenvalue weighted by molar-refractivity contribution is -0.145. The third-order valence-electron chi connectivity index (χ3n) is 1.56. The third-order valence-corrected chi connectivity index (χ3v) is 5.54. The molecule has 0 aliphatic carbocycles. The number of hydroxylamine groups is 1. The van der Waals surface area contributed by atoms with Crippen molar-refractivity contribution in [1.82, 2.24) is 5.48 Å². The van der Waals surface area contributed by atoms with Crippen molar-refractivity contribution >= 4 is 30.1 Å². The summed E-state index contributed by atoms with van der Waals surface area (Å²) in [6.45, 7) is 1.00. The lowest BCUT2D eigenvalue weighted by atomic mass is 10.5. The van der Waals surface area contributed by atoms with Crippen LogP contribution in [0.3, 0.4) is 0 Å². The summed E-state index contributed by atoms with van der Waals surface area (Å²) in [6.07, 6.45) is 1.44. The highest BCUT2D eigenvalue weighted by molar-refractivity contribution is 8.55. The molecule has 0 aliphatic rings. The topological polar surface area (TPSA) is 111 Å². The van der Waals surface area contributed by atoms with Crippen molar-refractivity contribution in [3.05, 3.63) is 12.2 Å². The number of carbonyl (C=O) groups excluding carboxylic acids is 1. The quantitative estimate of drug-likeness (QED) is 0.253. The molecule has 0 radical (unpaired) electrons. The van der Waals surface area contributed by atoms with Gasteiger partial charge in [0.2, 0.25) is 0 Å². The number of rotatable bonds is 11. The maximum absolute atomic E-state index is 12.0. The summed E-state index contributed by atoms with van der Waals surface area (Å²) in [6, 6.07) is 0. The van der Waals surface area contributed by atoms with Gasteiger partial charge in [-0.05, 0) is 25.2 Å². The van der Waals surface area contributed by atoms with Crippen molar-refractivity contribution < 1.29 is 33.1 Å². The molecule has 0 saturated heterocycles. The first kappa shape index (κ1) is 19.1. The van der Waals surface area contributed by atoms with Gasteiger partial charge in [-0.3, -0.25) is 0 Å². The minimum Gasteiger partial charge on any atom is -0.478 e. The van der Waals surface area contributed by atoms with Crippen molar-refractivity contribution in [2.24, 2.45) is 0 Å². The number of hydrogen-bond donors (Lipinski definition) is 2. The van der Waals surface area contributed by atoms with E-state index in [-0.39, 0.29) is 19.8 Å². The van der Waals surface area contributed by atoms with E-state index in [4.69, 9.17) is 14.2 Å². The molecule has 0 aromatic heterocycles. The Morgan fingerprint density at radius 2 is 1.85 bits per heavy atom. The molecule has 0 saturated carbocycles. The molecule has 0 unspecified atom stereocenters. The SMILES string of the molecule is CCOP(=O)(OCC)SCCNOC(=O)/C=C/C(=O)O. The predicted octanol–water partition coefficient (Wildman–Crippen LogP) is 1.59. The molecule has 0 aromatic rings. The van der Waals surface area contributed by atoms with Gasteiger partial charge in [0.1, 0.15) is 0 Å². The zero-order valence-corrected chi connectivity index (χ0v) is 12.9. The van der Waals surface area contributed by atoms with E-state index < -0.39 is 18.7 Å². The van der Waals surface area contributed by atoms with Gasteiger partial charge in [-0.1, -0.05) is 0 Å². The minimum atomic E-state index is -3.16. The molecule has 0 aromatic carbocycles. The van der Waals surface area contributed by atoms with Gasteiger partial charge in [-0.15, -0.1) is 0 Å². The molecule has 20 heavy (non-hydrogen) atoms. The highest BCUT2D eigenvalue weighted by Crippen LogP contribution is 2.60. The van der Waals surface area contributed by atoms with Crippen molar-refractivity contribution in [1.29, 1.82) is 0 Å². The van der Waals surface area contributed by atoms with Crippen LogP contribution in [0.4, 0.5) is 0 Å². The van der Waals surface area contributed by atoms with Crippen LogP contribution in [0.2, 0.25) is 0 Å². The molecule has 0 heterocycles. The number of carbonyl (C=O) groups is 2. The highest BCUT2D eigenvalue weighted by Gasteiger charge is 2.23. The number of hydrogen-bond acceptors (Lipinski definition) is 8. The predicted molar refractivity (Wildman–Crippen MR) is 74.2 cm³/mol. The average molecular weight is 327 g/mol. The summed E-state index contributed by atoms with van der Waals surface area (Å²) < 4.78 is 22.1. The second-order valence-electron chi connectivity index (χ2n) is 3.10. The average Bonchev–Trinajstić information content (AvgIpc) is 2.36. The molecule has 10 heteroatoms. The monoisotopic (exact) mass is 327 g/mol. The van der Waals surface area contributed by atoms with Gasteiger partial charge in [0, 0.05) is 24.4 Å². The molecule has 0 amide bonds. The molecule has 0 spiro atoms. The Kier molecular flexibility index (Phi) is 10.4. The van der Waals surface area contributed by atoms with E-state index in [1.807, 2.05) is 0 Å². The summed E-state index contributed by atoms with van der Waals surface area (Å²) in [5.41, 5.74) is 2.32. The van der Waals surface area contributed by atoms with Gasteiger partial charge in [-0.2, -0.15) is 5.48 Å². The molecular weight excluding hydrogens is 309 g/mol. The number of carboxylic acid groups (broad SMARTS) is 1. The smallest absolute Gasteiger partial charge is 0.389 e. The van der Waals surface area contributed by atoms with Crippen LogP contribution in [0.5, 0.6) is 0 Å². The zero-order chi connectivity index (χ0) is 15.4. The minimum absolute atomic E-state index is 0.210. The first-order valence-corrected chi connectivity index (χ1v) is 8.95. The second-order valence-corrected chi connectivity index (χ2v) is 7.30. The molecule has 2 N–H and O–H groups in total. The van der Waals surface area contributed by atoms with Gasteiger partial charge in [0.05, 0.1) is 13.2 Å². The van der Waals surface area contributed by atoms with Crippen LogP contribution < -0.4 is 5.48 Å². The lowest BCUT2D eigenvalue weighted by Gasteiger charge is -2.15. The van der Waals surface area contributed by atoms with Crippen LogP contribution in [0.25, 0.3) is 0 Å². The molecule has 0 bridgehead atoms. The molecule has 0 rings (SSSR count). The molecule has 116 valence electrons. The van der Waals surface area contributed by atoms with E-state index in [0.29, 0.717) is 11.8 Å². The fourth-order valence-electron chi connectivity index (χ4n) is 0.923. The Labute approximate surface area is 121 Å². The van der Waals surface area contributed by atoms with Crippen LogP contribution in [-0.4, -0.2) is 42.6 Å². The van der Waals surface area contributed by atoms with E-state index in [0.717, 1.165) is 17.5 Å². The van der Waals surface area contributed by atoms with Crippen LogP contribution in [0, 0.1) is 0 Å². The van der Waals surface area contributed by atoms with Gasteiger partial charge in [0.25, 0.3) is 0 Å². The van der Waals surface area contributed by atoms with E-state index >= 15 is 0 Å². The van der Waals surface area contributed by atoms with Gasteiger partial charge >= 0.3 is 18.7 Å². The summed E-state index contributed by atoms with van der Waals surface area (Å²) in [7, 11) is 0. The van der Waals surface area contributed by atoms with Crippen molar-refractivity contribution in [3.8, 4) is 0 Å². The van der Waals surface area contributed by atoms with Crippen molar-refractivity contribution in [2.75, 3.05) is 25.5 Å². The Balaban J connectivity index is 3.87. The maximum Gasteiger partial charge on any atom is 0.389 e. The first-order valence-electron chi connectivity index (χ1n) is 5.81. The van der Waals surface area contributed by atoms with Crippen LogP contribution >= 0.6 is 18.2 Å². The largest absolute Gasteiger partial charge is 0.478 e. The van der Waals surface area contributed by atoms with Crippen molar-refractivity contribution in [2.45, 2.75) is 13.8 Å². The highest BCUT2D eigenvalue weighted by atomic mass is 32.7. The maximum atomic E-state index is 12.0. The van der Waals surface area contributed by atoms with E-state index in [1.165, 1.54) is 0 Å². The normalized spacial score (nSPS) is 11.7. The zero-order valence-electron chi connectivity index (χ0n) is 11.2. The van der Waals surface area contributed by atoms with Crippen LogP contribution in [0.15, 0.2) is 12.2 Å². The molecule has 0 fully saturated rings. The summed E-state index contributed by atoms with van der Waals surface area (Å²) >= 11 is 0.988. The van der Waals surface area contributed by atoms with E-state index in [2.05, 4.69) is 10.3 Å². The van der Waals surface area contributed by atoms with Crippen molar-refractivity contribution in [3.63, 3.8) is 0 Å². The van der Waals surface area contributed by atoms with Gasteiger partial charge in [0.15, 0.2) is 0 Å². The molecule has 0 aliphatic heterocycles. The standard InChI is InChI=1S/C10H18NO7PS/c1-3-16-19(15,17-4-2)20-8-7-11-18-10(14)6-5-9(12)13/h5-6,11H,3-4,7-8H2,1-2H3,(H,12,13)/b6-5+. The van der Waals surface area contributed by atoms with Gasteiger partial charge in [-0.25, -0.2) is 14.2 Å². The summed E-state index contributed by atoms with van der Waals surface area (Å²) in [5.74, 6) is -1.75. The Bertz CT molecular complexity index is 378. The molecule has 0 atom stereocenters. The Morgan fingerprint density at radius 1 is 1.25 bits per heavy atom. The third kappa shape index (κ3) is 9.99. The lowest BCUT2D eigenvalue weighted by Crippen LogP contribution is -2.21. The molecular formula is C10H18NO7PS. The van der Waals surface area contributed by atoms with Crippen LogP contribution in [-0.2, 0) is 28.0 Å². The fourth-order valence-corrected chi connectivity index (χ4v) is 4.20.